The van der Waals surface area contributed by atoms with Gasteiger partial charge in [0.25, 0.3) is 0 Å². The second kappa shape index (κ2) is 4.11. The molecule has 0 saturated carbocycles. The molecular formula is C10H16BrNS. The van der Waals surface area contributed by atoms with Crippen LogP contribution in [0.25, 0.3) is 0 Å². The van der Waals surface area contributed by atoms with E-state index in [2.05, 4.69) is 48.1 Å². The fourth-order valence-corrected chi connectivity index (χ4v) is 2.96. The van der Waals surface area contributed by atoms with Crippen molar-refractivity contribution in [2.45, 2.75) is 32.7 Å². The van der Waals surface area contributed by atoms with Crippen molar-refractivity contribution in [2.75, 3.05) is 7.05 Å². The Balaban J connectivity index is 2.75. The highest BCUT2D eigenvalue weighted by Gasteiger charge is 2.17. The van der Waals surface area contributed by atoms with Gasteiger partial charge in [0.2, 0.25) is 0 Å². The van der Waals surface area contributed by atoms with Gasteiger partial charge in [-0.05, 0) is 56.2 Å². The summed E-state index contributed by atoms with van der Waals surface area (Å²) in [5.74, 6) is 0. The third-order valence-electron chi connectivity index (χ3n) is 2.20. The molecule has 1 aromatic heterocycles. The van der Waals surface area contributed by atoms with Gasteiger partial charge in [0, 0.05) is 19.8 Å². The summed E-state index contributed by atoms with van der Waals surface area (Å²) in [6.45, 7) is 6.58. The number of nitrogens with one attached hydrogen (secondary N) is 1. The van der Waals surface area contributed by atoms with Gasteiger partial charge in [0.05, 0.1) is 0 Å². The zero-order valence-corrected chi connectivity index (χ0v) is 11.0. The summed E-state index contributed by atoms with van der Waals surface area (Å²) < 4.78 is 1.24. The molecule has 0 bridgehead atoms. The Kier molecular flexibility index (Phi) is 3.55. The van der Waals surface area contributed by atoms with Gasteiger partial charge in [-0.3, -0.25) is 0 Å². The lowest BCUT2D eigenvalue weighted by Gasteiger charge is -2.22. The molecule has 13 heavy (non-hydrogen) atoms. The van der Waals surface area contributed by atoms with Crippen molar-refractivity contribution in [3.05, 3.63) is 20.3 Å². The van der Waals surface area contributed by atoms with Gasteiger partial charge in [0.1, 0.15) is 0 Å². The molecule has 0 spiro atoms. The molecule has 0 radical (unpaired) electrons. The van der Waals surface area contributed by atoms with Crippen molar-refractivity contribution in [3.63, 3.8) is 0 Å². The lowest BCUT2D eigenvalue weighted by molar-refractivity contribution is 0.425. The van der Waals surface area contributed by atoms with Crippen LogP contribution in [-0.2, 0) is 6.42 Å². The third-order valence-corrected chi connectivity index (χ3v) is 4.34. The number of aryl methyl sites for hydroxylation is 1. The minimum Gasteiger partial charge on any atom is -0.314 e. The molecule has 1 heterocycles. The number of hydrogen-bond acceptors (Lipinski definition) is 2. The predicted octanol–water partition coefficient (Wildman–Crippen LogP) is 3.36. The summed E-state index contributed by atoms with van der Waals surface area (Å²) in [7, 11) is 2.01. The second-order valence-corrected chi connectivity index (χ2v) is 6.12. The summed E-state index contributed by atoms with van der Waals surface area (Å²) in [5, 5.41) is 3.31. The number of halogens is 1. The van der Waals surface area contributed by atoms with Crippen molar-refractivity contribution < 1.29 is 0 Å². The van der Waals surface area contributed by atoms with Gasteiger partial charge < -0.3 is 5.32 Å². The van der Waals surface area contributed by atoms with Crippen LogP contribution in [0, 0.1) is 6.92 Å². The normalized spacial score (nSPS) is 12.1. The Morgan fingerprint density at radius 2 is 2.15 bits per heavy atom. The molecule has 1 aromatic rings. The molecule has 0 unspecified atom stereocenters. The van der Waals surface area contributed by atoms with E-state index in [0.29, 0.717) is 0 Å². The van der Waals surface area contributed by atoms with Crippen LogP contribution in [0.3, 0.4) is 0 Å². The largest absolute Gasteiger partial charge is 0.314 e. The molecular weight excluding hydrogens is 246 g/mol. The minimum atomic E-state index is 0.191. The molecule has 0 fully saturated rings. The van der Waals surface area contributed by atoms with E-state index in [1.54, 1.807) is 0 Å². The minimum absolute atomic E-state index is 0.191. The highest BCUT2D eigenvalue weighted by molar-refractivity contribution is 9.10. The molecule has 0 aliphatic carbocycles. The first-order valence-electron chi connectivity index (χ1n) is 4.38. The molecule has 1 nitrogen and oxygen atoms in total. The SMILES string of the molecule is CNC(C)(C)Cc1cc(Br)c(C)s1. The van der Waals surface area contributed by atoms with E-state index in [9.17, 15) is 0 Å². The maximum absolute atomic E-state index is 3.54. The Morgan fingerprint density at radius 3 is 2.54 bits per heavy atom. The molecule has 74 valence electrons. The average Bonchev–Trinajstić information content (AvgIpc) is 2.30. The highest BCUT2D eigenvalue weighted by atomic mass is 79.9. The average molecular weight is 262 g/mol. The van der Waals surface area contributed by atoms with Crippen molar-refractivity contribution in [3.8, 4) is 0 Å². The summed E-state index contributed by atoms with van der Waals surface area (Å²) in [6, 6.07) is 2.22. The van der Waals surface area contributed by atoms with Crippen LogP contribution >= 0.6 is 27.3 Å². The van der Waals surface area contributed by atoms with Crippen LogP contribution in [0.2, 0.25) is 0 Å². The third kappa shape index (κ3) is 3.08. The van der Waals surface area contributed by atoms with Crippen LogP contribution in [0.15, 0.2) is 10.5 Å². The first-order chi connectivity index (χ1) is 5.94. The van der Waals surface area contributed by atoms with E-state index in [4.69, 9.17) is 0 Å². The Bertz CT molecular complexity index is 272. The van der Waals surface area contributed by atoms with Crippen LogP contribution in [0.1, 0.15) is 23.6 Å². The fraction of sp³-hybridized carbons (Fsp3) is 0.600. The summed E-state index contributed by atoms with van der Waals surface area (Å²) in [5.41, 5.74) is 0.191. The van der Waals surface area contributed by atoms with E-state index in [1.165, 1.54) is 14.2 Å². The van der Waals surface area contributed by atoms with Crippen LogP contribution in [0.4, 0.5) is 0 Å². The quantitative estimate of drug-likeness (QED) is 0.880. The summed E-state index contributed by atoms with van der Waals surface area (Å²) >= 11 is 5.41. The first kappa shape index (κ1) is 11.2. The topological polar surface area (TPSA) is 12.0 Å². The van der Waals surface area contributed by atoms with Gasteiger partial charge in [-0.1, -0.05) is 0 Å². The van der Waals surface area contributed by atoms with Crippen molar-refractivity contribution >= 4 is 27.3 Å². The second-order valence-electron chi connectivity index (χ2n) is 3.93. The van der Waals surface area contributed by atoms with Gasteiger partial charge in [-0.25, -0.2) is 0 Å². The fourth-order valence-electron chi connectivity index (χ4n) is 1.13. The zero-order valence-electron chi connectivity index (χ0n) is 8.57. The molecule has 0 atom stereocenters. The van der Waals surface area contributed by atoms with Crippen molar-refractivity contribution in [2.24, 2.45) is 0 Å². The predicted molar refractivity (Wildman–Crippen MR) is 63.6 cm³/mol. The molecule has 1 N–H and O–H groups in total. The van der Waals surface area contributed by atoms with Gasteiger partial charge in [-0.2, -0.15) is 0 Å². The maximum Gasteiger partial charge on any atom is 0.0314 e. The standard InChI is InChI=1S/C10H16BrNS/c1-7-9(11)5-8(13-7)6-10(2,3)12-4/h5,12H,6H2,1-4H3. The molecule has 3 heteroatoms. The number of hydrogen-bond donors (Lipinski definition) is 1. The Morgan fingerprint density at radius 1 is 1.54 bits per heavy atom. The highest BCUT2D eigenvalue weighted by Crippen LogP contribution is 2.28. The van der Waals surface area contributed by atoms with Gasteiger partial charge in [-0.15, -0.1) is 11.3 Å². The summed E-state index contributed by atoms with van der Waals surface area (Å²) in [4.78, 5) is 2.80. The zero-order chi connectivity index (χ0) is 10.1. The Hall–Kier alpha value is 0.140. The van der Waals surface area contributed by atoms with Crippen molar-refractivity contribution in [1.29, 1.82) is 0 Å². The van der Waals surface area contributed by atoms with Gasteiger partial charge >= 0.3 is 0 Å². The molecule has 0 aromatic carbocycles. The van der Waals surface area contributed by atoms with Crippen LogP contribution in [-0.4, -0.2) is 12.6 Å². The molecule has 0 aliphatic rings. The molecule has 0 aliphatic heterocycles. The van der Waals surface area contributed by atoms with E-state index < -0.39 is 0 Å². The van der Waals surface area contributed by atoms with Crippen molar-refractivity contribution in [1.82, 2.24) is 5.32 Å². The maximum atomic E-state index is 3.54. The molecule has 1 rings (SSSR count). The molecule has 0 saturated heterocycles. The Labute approximate surface area is 92.7 Å². The van der Waals surface area contributed by atoms with E-state index in [0.717, 1.165) is 6.42 Å². The number of thiophene rings is 1. The van der Waals surface area contributed by atoms with E-state index in [1.807, 2.05) is 18.4 Å². The number of likely N-dealkylation sites (N-methyl/N-ethyl adjacent to an activating group) is 1. The van der Waals surface area contributed by atoms with Crippen LogP contribution < -0.4 is 5.32 Å². The smallest absolute Gasteiger partial charge is 0.0314 e. The van der Waals surface area contributed by atoms with Crippen LogP contribution in [0.5, 0.6) is 0 Å². The summed E-state index contributed by atoms with van der Waals surface area (Å²) in [6.07, 6.45) is 1.08. The first-order valence-corrected chi connectivity index (χ1v) is 5.99. The van der Waals surface area contributed by atoms with Gasteiger partial charge in [0.15, 0.2) is 0 Å². The van der Waals surface area contributed by atoms with E-state index >= 15 is 0 Å². The lowest BCUT2D eigenvalue weighted by atomic mass is 10.0. The monoisotopic (exact) mass is 261 g/mol. The van der Waals surface area contributed by atoms with E-state index in [-0.39, 0.29) is 5.54 Å². The molecule has 0 amide bonds. The number of rotatable bonds is 3. The lowest BCUT2D eigenvalue weighted by Crippen LogP contribution is -2.38.